The Morgan fingerprint density at radius 3 is 2.85 bits per heavy atom. The van der Waals surface area contributed by atoms with Gasteiger partial charge in [0.25, 0.3) is 5.91 Å². The van der Waals surface area contributed by atoms with Gasteiger partial charge in [0.1, 0.15) is 29.8 Å². The van der Waals surface area contributed by atoms with Crippen LogP contribution in [-0.2, 0) is 16.8 Å². The van der Waals surface area contributed by atoms with E-state index in [1.807, 2.05) is 11.4 Å². The molecule has 2 N–H and O–H groups in total. The second kappa shape index (κ2) is 6.94. The molecule has 1 aromatic heterocycles. The molecule has 2 aliphatic rings. The van der Waals surface area contributed by atoms with Crippen molar-refractivity contribution in [2.75, 3.05) is 13.2 Å². The van der Waals surface area contributed by atoms with Gasteiger partial charge in [-0.05, 0) is 55.0 Å². The number of aryl methyl sites for hydroxylation is 1. The van der Waals surface area contributed by atoms with E-state index in [9.17, 15) is 19.1 Å². The molecule has 1 spiro atoms. The summed E-state index contributed by atoms with van der Waals surface area (Å²) in [5.74, 6) is -0.306. The fraction of sp³-hybridized carbons (Fsp3) is 0.368. The predicted molar refractivity (Wildman–Crippen MR) is 97.1 cm³/mol. The average Bonchev–Trinajstić information content (AvgIpc) is 3.22. The van der Waals surface area contributed by atoms with Gasteiger partial charge in [0.05, 0.1) is 6.54 Å². The Labute approximate surface area is 159 Å². The lowest BCUT2D eigenvalue weighted by Crippen LogP contribution is -2.46. The average molecular weight is 390 g/mol. The number of urea groups is 1. The Balaban J connectivity index is 1.43. The summed E-state index contributed by atoms with van der Waals surface area (Å²) < 4.78 is 18.3. The summed E-state index contributed by atoms with van der Waals surface area (Å²) in [6.07, 6.45) is 1.24. The third-order valence-corrected chi connectivity index (χ3v) is 5.97. The number of hydrogen-bond donors (Lipinski definition) is 2. The molecule has 8 heteroatoms. The Morgan fingerprint density at radius 2 is 2.07 bits per heavy atom. The zero-order chi connectivity index (χ0) is 19.0. The number of β-amino-alcohol motifs (C(OH)–C–C–N with tert-alkyl or cyclic N) is 1. The first-order valence-electron chi connectivity index (χ1n) is 8.77. The van der Waals surface area contributed by atoms with E-state index in [1.165, 1.54) is 24.3 Å². The van der Waals surface area contributed by atoms with Gasteiger partial charge < -0.3 is 15.2 Å². The van der Waals surface area contributed by atoms with Crippen molar-refractivity contribution in [2.45, 2.75) is 30.9 Å². The second-order valence-corrected chi connectivity index (χ2v) is 7.78. The van der Waals surface area contributed by atoms with Crippen molar-refractivity contribution in [1.82, 2.24) is 10.2 Å². The minimum absolute atomic E-state index is 0.112. The number of carbonyl (C=O) groups excluding carboxylic acids is 2. The van der Waals surface area contributed by atoms with Crippen LogP contribution in [0.4, 0.5) is 9.18 Å². The van der Waals surface area contributed by atoms with Gasteiger partial charge in [-0.15, -0.1) is 11.3 Å². The van der Waals surface area contributed by atoms with Crippen molar-refractivity contribution in [3.05, 3.63) is 52.0 Å². The Hall–Kier alpha value is -2.45. The fourth-order valence-electron chi connectivity index (χ4n) is 3.69. The Morgan fingerprint density at radius 1 is 1.30 bits per heavy atom. The number of amides is 3. The first kappa shape index (κ1) is 17.9. The molecule has 2 heterocycles. The molecular weight excluding hydrogens is 371 g/mol. The minimum atomic E-state index is -1.05. The van der Waals surface area contributed by atoms with Crippen molar-refractivity contribution in [1.29, 1.82) is 0 Å². The van der Waals surface area contributed by atoms with Crippen molar-refractivity contribution in [3.8, 4) is 5.75 Å². The topological polar surface area (TPSA) is 78.9 Å². The third-order valence-electron chi connectivity index (χ3n) is 4.99. The lowest BCUT2D eigenvalue weighted by Gasteiger charge is -2.31. The highest BCUT2D eigenvalue weighted by Gasteiger charge is 2.54. The van der Waals surface area contributed by atoms with E-state index < -0.39 is 17.7 Å². The standard InChI is InChI=1S/C19H19FN2O4S/c20-12-3-5-14(6-4-12)26-11-13(23)10-22-17(24)19(21-18(22)25)8-1-2-16-15(19)7-9-27-16/h3-7,9,13,23H,1-2,8,10-11H2,(H,21,25)/t13-,19-/m0/s1. The van der Waals surface area contributed by atoms with Gasteiger partial charge in [-0.1, -0.05) is 0 Å². The summed E-state index contributed by atoms with van der Waals surface area (Å²) in [5, 5.41) is 15.0. The molecule has 0 saturated carbocycles. The predicted octanol–water partition coefficient (Wildman–Crippen LogP) is 2.41. The molecule has 27 heavy (non-hydrogen) atoms. The number of carbonyl (C=O) groups is 2. The van der Waals surface area contributed by atoms with E-state index in [0.29, 0.717) is 12.2 Å². The Kier molecular flexibility index (Phi) is 4.61. The van der Waals surface area contributed by atoms with Crippen molar-refractivity contribution >= 4 is 23.3 Å². The number of ether oxygens (including phenoxy) is 1. The quantitative estimate of drug-likeness (QED) is 0.769. The molecule has 2 aromatic rings. The molecule has 0 bridgehead atoms. The molecule has 0 radical (unpaired) electrons. The molecule has 1 aliphatic heterocycles. The molecule has 4 rings (SSSR count). The molecule has 1 aromatic carbocycles. The zero-order valence-corrected chi connectivity index (χ0v) is 15.3. The molecule has 2 atom stereocenters. The van der Waals surface area contributed by atoms with Crippen LogP contribution in [-0.4, -0.2) is 41.2 Å². The zero-order valence-electron chi connectivity index (χ0n) is 14.5. The van der Waals surface area contributed by atoms with Gasteiger partial charge in [-0.25, -0.2) is 9.18 Å². The highest BCUT2D eigenvalue weighted by molar-refractivity contribution is 7.10. The van der Waals surface area contributed by atoms with E-state index in [2.05, 4.69) is 5.32 Å². The maximum absolute atomic E-state index is 13.1. The summed E-state index contributed by atoms with van der Waals surface area (Å²) in [6, 6.07) is 6.80. The molecular formula is C19H19FN2O4S. The van der Waals surface area contributed by atoms with Gasteiger partial charge >= 0.3 is 6.03 Å². The minimum Gasteiger partial charge on any atom is -0.491 e. The van der Waals surface area contributed by atoms with Crippen LogP contribution in [0.15, 0.2) is 35.7 Å². The largest absolute Gasteiger partial charge is 0.491 e. The number of aliphatic hydroxyl groups excluding tert-OH is 1. The lowest BCUT2D eigenvalue weighted by molar-refractivity contribution is -0.133. The number of rotatable bonds is 5. The van der Waals surface area contributed by atoms with Crippen molar-refractivity contribution < 1.29 is 23.8 Å². The fourth-order valence-corrected chi connectivity index (χ4v) is 4.69. The number of aliphatic hydroxyl groups is 1. The van der Waals surface area contributed by atoms with Crippen LogP contribution in [0.1, 0.15) is 23.3 Å². The maximum Gasteiger partial charge on any atom is 0.325 e. The van der Waals surface area contributed by atoms with Crippen LogP contribution < -0.4 is 10.1 Å². The summed E-state index contributed by atoms with van der Waals surface area (Å²) in [6.45, 7) is -0.271. The van der Waals surface area contributed by atoms with Crippen LogP contribution in [0.25, 0.3) is 0 Å². The van der Waals surface area contributed by atoms with Gasteiger partial charge in [0.2, 0.25) is 0 Å². The molecule has 1 aliphatic carbocycles. The highest BCUT2D eigenvalue weighted by atomic mass is 32.1. The first-order valence-corrected chi connectivity index (χ1v) is 9.65. The lowest BCUT2D eigenvalue weighted by atomic mass is 9.80. The van der Waals surface area contributed by atoms with Gasteiger partial charge in [0, 0.05) is 10.4 Å². The number of halogens is 1. The van der Waals surface area contributed by atoms with Crippen LogP contribution in [0.2, 0.25) is 0 Å². The summed E-state index contributed by atoms with van der Waals surface area (Å²) in [5.41, 5.74) is -0.140. The summed E-state index contributed by atoms with van der Waals surface area (Å²) in [7, 11) is 0. The molecule has 1 fully saturated rings. The maximum atomic E-state index is 13.1. The van der Waals surface area contributed by atoms with E-state index in [1.54, 1.807) is 11.3 Å². The number of nitrogens with zero attached hydrogens (tertiary/aromatic N) is 1. The van der Waals surface area contributed by atoms with Gasteiger partial charge in [0.15, 0.2) is 0 Å². The number of imide groups is 1. The van der Waals surface area contributed by atoms with Gasteiger partial charge in [-0.3, -0.25) is 9.69 Å². The van der Waals surface area contributed by atoms with Crippen LogP contribution in [0.5, 0.6) is 5.75 Å². The molecule has 6 nitrogen and oxygen atoms in total. The van der Waals surface area contributed by atoms with Gasteiger partial charge in [-0.2, -0.15) is 0 Å². The van der Waals surface area contributed by atoms with Crippen LogP contribution >= 0.6 is 11.3 Å². The molecule has 3 amide bonds. The number of benzene rings is 1. The molecule has 0 unspecified atom stereocenters. The van der Waals surface area contributed by atoms with Crippen LogP contribution in [0.3, 0.4) is 0 Å². The first-order chi connectivity index (χ1) is 13.0. The summed E-state index contributed by atoms with van der Waals surface area (Å²) >= 11 is 1.59. The van der Waals surface area contributed by atoms with E-state index in [0.717, 1.165) is 28.2 Å². The van der Waals surface area contributed by atoms with E-state index >= 15 is 0 Å². The number of hydrogen-bond acceptors (Lipinski definition) is 5. The number of nitrogens with one attached hydrogen (secondary N) is 1. The SMILES string of the molecule is O=C1N[C@]2(CCCc3sccc32)C(=O)N1C[C@H](O)COc1ccc(F)cc1. The molecule has 1 saturated heterocycles. The van der Waals surface area contributed by atoms with E-state index in [4.69, 9.17) is 4.74 Å². The van der Waals surface area contributed by atoms with Crippen molar-refractivity contribution in [3.63, 3.8) is 0 Å². The molecule has 142 valence electrons. The normalized spacial score (nSPS) is 22.7. The smallest absolute Gasteiger partial charge is 0.325 e. The second-order valence-electron chi connectivity index (χ2n) is 6.78. The highest BCUT2D eigenvalue weighted by Crippen LogP contribution is 2.42. The Bertz CT molecular complexity index is 869. The van der Waals surface area contributed by atoms with Crippen LogP contribution in [0, 0.1) is 5.82 Å². The number of thiophene rings is 1. The monoisotopic (exact) mass is 390 g/mol. The third kappa shape index (κ3) is 3.19. The van der Waals surface area contributed by atoms with Crippen molar-refractivity contribution in [2.24, 2.45) is 0 Å². The van der Waals surface area contributed by atoms with E-state index in [-0.39, 0.29) is 24.9 Å². The summed E-state index contributed by atoms with van der Waals surface area (Å²) in [4.78, 5) is 27.7. The number of fused-ring (bicyclic) bond motifs is 2.